The van der Waals surface area contributed by atoms with Gasteiger partial charge in [0, 0.05) is 6.26 Å². The number of aliphatic hydroxyl groups excluding tert-OH is 1. The molecule has 2 fully saturated rings. The summed E-state index contributed by atoms with van der Waals surface area (Å²) >= 11 is 0. The minimum absolute atomic E-state index is 0.201. The van der Waals surface area contributed by atoms with Crippen molar-refractivity contribution in [3.8, 4) is 0 Å². The van der Waals surface area contributed by atoms with Gasteiger partial charge in [0.25, 0.3) is 0 Å². The van der Waals surface area contributed by atoms with Gasteiger partial charge in [0.15, 0.2) is 0 Å². The highest BCUT2D eigenvalue weighted by molar-refractivity contribution is 7.91. The molecule has 1 N–H and O–H groups in total. The number of aliphatic hydroxyl groups is 1. The lowest BCUT2D eigenvalue weighted by Gasteiger charge is -2.37. The summed E-state index contributed by atoms with van der Waals surface area (Å²) in [6, 6.07) is 0. The van der Waals surface area contributed by atoms with Crippen molar-refractivity contribution in [1.29, 1.82) is 0 Å². The predicted molar refractivity (Wildman–Crippen MR) is 77.7 cm³/mol. The van der Waals surface area contributed by atoms with Gasteiger partial charge in [-0.3, -0.25) is 0 Å². The van der Waals surface area contributed by atoms with Crippen molar-refractivity contribution in [2.75, 3.05) is 6.26 Å². The Kier molecular flexibility index (Phi) is 4.93. The van der Waals surface area contributed by atoms with Crippen LogP contribution in [0.15, 0.2) is 0 Å². The van der Waals surface area contributed by atoms with E-state index in [0.29, 0.717) is 12.3 Å². The molecule has 0 saturated heterocycles. The van der Waals surface area contributed by atoms with Crippen LogP contribution in [0.5, 0.6) is 0 Å². The average Bonchev–Trinajstić information content (AvgIpc) is 2.38. The van der Waals surface area contributed by atoms with Crippen molar-refractivity contribution in [3.05, 3.63) is 0 Å². The van der Waals surface area contributed by atoms with Crippen molar-refractivity contribution in [2.24, 2.45) is 17.8 Å². The maximum Gasteiger partial charge on any atom is 0.150 e. The maximum absolute atomic E-state index is 11.7. The standard InChI is InChI=1S/C15H28O3S/c1-11-6-8-12(9-7-11)15(16)13-4-3-5-14(10-13)19(2,17)18/h11-16H,3-10H2,1-2H3. The van der Waals surface area contributed by atoms with E-state index in [1.165, 1.54) is 19.1 Å². The molecule has 2 aliphatic rings. The third-order valence-corrected chi connectivity index (χ3v) is 6.94. The van der Waals surface area contributed by atoms with E-state index in [-0.39, 0.29) is 17.3 Å². The van der Waals surface area contributed by atoms with Crippen LogP contribution in [0.25, 0.3) is 0 Å². The Morgan fingerprint density at radius 1 is 1.00 bits per heavy atom. The molecule has 2 saturated carbocycles. The molecule has 0 amide bonds. The molecule has 4 heteroatoms. The van der Waals surface area contributed by atoms with Gasteiger partial charge >= 0.3 is 0 Å². The lowest BCUT2D eigenvalue weighted by atomic mass is 9.73. The Hall–Kier alpha value is -0.0900. The molecule has 2 rings (SSSR count). The molecule has 3 atom stereocenters. The molecule has 0 spiro atoms. The monoisotopic (exact) mass is 288 g/mol. The summed E-state index contributed by atoms with van der Waals surface area (Å²) in [5.41, 5.74) is 0. The van der Waals surface area contributed by atoms with E-state index in [1.54, 1.807) is 0 Å². The van der Waals surface area contributed by atoms with Gasteiger partial charge in [0.1, 0.15) is 9.84 Å². The van der Waals surface area contributed by atoms with E-state index >= 15 is 0 Å². The van der Waals surface area contributed by atoms with Crippen LogP contribution in [0.4, 0.5) is 0 Å². The number of rotatable bonds is 3. The minimum Gasteiger partial charge on any atom is -0.393 e. The van der Waals surface area contributed by atoms with E-state index in [9.17, 15) is 13.5 Å². The molecule has 2 aliphatic carbocycles. The molecule has 0 radical (unpaired) electrons. The van der Waals surface area contributed by atoms with Gasteiger partial charge in [0.05, 0.1) is 11.4 Å². The SMILES string of the molecule is CC1CCC(C(O)C2CCCC(S(C)(=O)=O)C2)CC1. The molecule has 0 aromatic rings. The fourth-order valence-corrected chi connectivity index (χ4v) is 5.08. The fourth-order valence-electron chi connectivity index (χ4n) is 3.89. The van der Waals surface area contributed by atoms with E-state index in [1.807, 2.05) is 0 Å². The van der Waals surface area contributed by atoms with Crippen LogP contribution in [0.2, 0.25) is 0 Å². The summed E-state index contributed by atoms with van der Waals surface area (Å²) in [5, 5.41) is 10.4. The van der Waals surface area contributed by atoms with Crippen molar-refractivity contribution in [2.45, 2.75) is 69.6 Å². The van der Waals surface area contributed by atoms with Crippen LogP contribution < -0.4 is 0 Å². The lowest BCUT2D eigenvalue weighted by molar-refractivity contribution is 0.0139. The van der Waals surface area contributed by atoms with Crippen LogP contribution in [0.1, 0.15) is 58.3 Å². The normalized spacial score (nSPS) is 38.9. The summed E-state index contributed by atoms with van der Waals surface area (Å²) in [4.78, 5) is 0. The number of sulfone groups is 1. The molecule has 112 valence electrons. The zero-order chi connectivity index (χ0) is 14.0. The lowest BCUT2D eigenvalue weighted by Crippen LogP contribution is -2.37. The summed E-state index contributed by atoms with van der Waals surface area (Å²) in [5.74, 6) is 1.39. The zero-order valence-electron chi connectivity index (χ0n) is 12.2. The molecular formula is C15H28O3S. The topological polar surface area (TPSA) is 54.4 Å². The van der Waals surface area contributed by atoms with E-state index in [2.05, 4.69) is 6.92 Å². The van der Waals surface area contributed by atoms with Crippen LogP contribution in [0.3, 0.4) is 0 Å². The first kappa shape index (κ1) is 15.3. The van der Waals surface area contributed by atoms with Crippen molar-refractivity contribution < 1.29 is 13.5 Å². The predicted octanol–water partition coefficient (Wildman–Crippen LogP) is 2.78. The van der Waals surface area contributed by atoms with Crippen molar-refractivity contribution in [1.82, 2.24) is 0 Å². The van der Waals surface area contributed by atoms with E-state index < -0.39 is 9.84 Å². The minimum atomic E-state index is -2.94. The Morgan fingerprint density at radius 2 is 1.63 bits per heavy atom. The van der Waals surface area contributed by atoms with Gasteiger partial charge in [-0.2, -0.15) is 0 Å². The molecule has 0 heterocycles. The van der Waals surface area contributed by atoms with Crippen LogP contribution in [-0.4, -0.2) is 31.1 Å². The Balaban J connectivity index is 1.93. The van der Waals surface area contributed by atoms with Gasteiger partial charge < -0.3 is 5.11 Å². The maximum atomic E-state index is 11.7. The van der Waals surface area contributed by atoms with E-state index in [0.717, 1.165) is 38.0 Å². The third-order valence-electron chi connectivity index (χ3n) is 5.30. The molecule has 0 aromatic heterocycles. The molecule has 3 unspecified atom stereocenters. The molecule has 0 aromatic carbocycles. The Morgan fingerprint density at radius 3 is 2.21 bits per heavy atom. The summed E-state index contributed by atoms with van der Waals surface area (Å²) < 4.78 is 23.4. The second-order valence-electron chi connectivity index (χ2n) is 6.89. The highest BCUT2D eigenvalue weighted by Crippen LogP contribution is 2.38. The van der Waals surface area contributed by atoms with Crippen LogP contribution in [-0.2, 0) is 9.84 Å². The first-order valence-corrected chi connectivity index (χ1v) is 9.70. The highest BCUT2D eigenvalue weighted by atomic mass is 32.2. The van der Waals surface area contributed by atoms with E-state index in [4.69, 9.17) is 0 Å². The van der Waals surface area contributed by atoms with Crippen molar-refractivity contribution in [3.63, 3.8) is 0 Å². The fraction of sp³-hybridized carbons (Fsp3) is 1.00. The molecule has 0 bridgehead atoms. The first-order chi connectivity index (χ1) is 8.88. The Bertz CT molecular complexity index is 382. The molecule has 19 heavy (non-hydrogen) atoms. The first-order valence-electron chi connectivity index (χ1n) is 7.75. The second kappa shape index (κ2) is 6.13. The molecular weight excluding hydrogens is 260 g/mol. The van der Waals surface area contributed by atoms with Gasteiger partial charge in [-0.1, -0.05) is 26.2 Å². The van der Waals surface area contributed by atoms with Gasteiger partial charge in [-0.15, -0.1) is 0 Å². The van der Waals surface area contributed by atoms with Gasteiger partial charge in [-0.05, 0) is 49.9 Å². The molecule has 3 nitrogen and oxygen atoms in total. The van der Waals surface area contributed by atoms with Crippen LogP contribution >= 0.6 is 0 Å². The summed E-state index contributed by atoms with van der Waals surface area (Å²) in [6.07, 6.45) is 9.11. The van der Waals surface area contributed by atoms with Gasteiger partial charge in [0.2, 0.25) is 0 Å². The largest absolute Gasteiger partial charge is 0.393 e. The zero-order valence-corrected chi connectivity index (χ0v) is 13.0. The second-order valence-corrected chi connectivity index (χ2v) is 9.21. The Labute approximate surface area is 117 Å². The van der Waals surface area contributed by atoms with Crippen molar-refractivity contribution >= 4 is 9.84 Å². The van der Waals surface area contributed by atoms with Gasteiger partial charge in [-0.25, -0.2) is 8.42 Å². The summed E-state index contributed by atoms with van der Waals surface area (Å²) in [6.45, 7) is 2.28. The number of hydrogen-bond donors (Lipinski definition) is 1. The van der Waals surface area contributed by atoms with Crippen LogP contribution in [0, 0.1) is 17.8 Å². The third kappa shape index (κ3) is 3.94. The quantitative estimate of drug-likeness (QED) is 0.869. The number of hydrogen-bond acceptors (Lipinski definition) is 3. The molecule has 0 aliphatic heterocycles. The highest BCUT2D eigenvalue weighted by Gasteiger charge is 2.36. The smallest absolute Gasteiger partial charge is 0.150 e. The summed E-state index contributed by atoms with van der Waals surface area (Å²) in [7, 11) is -2.94. The average molecular weight is 288 g/mol.